The lowest BCUT2D eigenvalue weighted by Crippen LogP contribution is -2.02. The molecule has 0 aliphatic heterocycles. The number of terminal acetylenes is 2. The van der Waals surface area contributed by atoms with E-state index in [2.05, 4.69) is 11.8 Å². The van der Waals surface area contributed by atoms with Crippen LogP contribution in [-0.4, -0.2) is 8.42 Å². The molecule has 0 fully saturated rings. The summed E-state index contributed by atoms with van der Waals surface area (Å²) in [5.41, 5.74) is 4.95. The lowest BCUT2D eigenvalue weighted by Gasteiger charge is -2.14. The minimum atomic E-state index is -3.80. The topological polar surface area (TPSA) is 52.6 Å². The Morgan fingerprint density at radius 3 is 1.62 bits per heavy atom. The van der Waals surface area contributed by atoms with Crippen LogP contribution in [0.5, 0.6) is 23.0 Å². The van der Waals surface area contributed by atoms with Gasteiger partial charge in [-0.2, -0.15) is 0 Å². The maximum absolute atomic E-state index is 13.5. The van der Waals surface area contributed by atoms with Gasteiger partial charge < -0.3 is 9.47 Å². The summed E-state index contributed by atoms with van der Waals surface area (Å²) in [4.78, 5) is 0.281. The van der Waals surface area contributed by atoms with Crippen molar-refractivity contribution in [1.82, 2.24) is 0 Å². The summed E-state index contributed by atoms with van der Waals surface area (Å²) in [5, 5.41) is 0. The summed E-state index contributed by atoms with van der Waals surface area (Å²) in [7, 11) is -3.80. The molecule has 0 amide bonds. The number of rotatable bonds is 8. The minimum absolute atomic E-state index is 0.139. The highest BCUT2D eigenvalue weighted by atomic mass is 32.2. The summed E-state index contributed by atoms with van der Waals surface area (Å²) in [6.45, 7) is 0. The van der Waals surface area contributed by atoms with Crippen molar-refractivity contribution in [1.29, 1.82) is 0 Å². The van der Waals surface area contributed by atoms with Crippen molar-refractivity contribution >= 4 is 9.84 Å². The van der Waals surface area contributed by atoms with Crippen LogP contribution in [0.15, 0.2) is 155 Å². The van der Waals surface area contributed by atoms with Gasteiger partial charge in [-0.15, -0.1) is 12.8 Å². The predicted molar refractivity (Wildman–Crippen MR) is 178 cm³/mol. The summed E-state index contributed by atoms with van der Waals surface area (Å²) in [6.07, 6.45) is 11.4. The predicted octanol–water partition coefficient (Wildman–Crippen LogP) is 9.40. The summed E-state index contributed by atoms with van der Waals surface area (Å²) in [6, 6.07) is 43.2. The molecule has 0 aliphatic carbocycles. The molecule has 0 unspecified atom stereocenters. The second kappa shape index (κ2) is 12.7. The Labute approximate surface area is 263 Å². The molecular formula is C40H26O4S. The average molecular weight is 603 g/mol. The molecule has 0 N–H and O–H groups in total. The van der Waals surface area contributed by atoms with Gasteiger partial charge in [-0.25, -0.2) is 8.42 Å². The fourth-order valence-electron chi connectivity index (χ4n) is 4.95. The van der Waals surface area contributed by atoms with Gasteiger partial charge in [0.15, 0.2) is 0 Å². The van der Waals surface area contributed by atoms with E-state index in [4.69, 9.17) is 22.3 Å². The fourth-order valence-corrected chi connectivity index (χ4v) is 6.22. The van der Waals surface area contributed by atoms with Gasteiger partial charge >= 0.3 is 0 Å². The molecule has 0 atom stereocenters. The first-order valence-electron chi connectivity index (χ1n) is 14.1. The van der Waals surface area contributed by atoms with E-state index in [1.807, 2.05) is 97.1 Å². The summed E-state index contributed by atoms with van der Waals surface area (Å²) in [5.74, 6) is 7.54. The van der Waals surface area contributed by atoms with E-state index < -0.39 is 9.84 Å². The van der Waals surface area contributed by atoms with Crippen LogP contribution in [0.1, 0.15) is 11.1 Å². The molecule has 0 saturated carbocycles. The molecule has 0 spiro atoms. The van der Waals surface area contributed by atoms with Crippen LogP contribution in [0.25, 0.3) is 22.3 Å². The van der Waals surface area contributed by atoms with E-state index in [1.54, 1.807) is 24.3 Å². The van der Waals surface area contributed by atoms with Crippen molar-refractivity contribution in [2.24, 2.45) is 0 Å². The third kappa shape index (κ3) is 6.21. The van der Waals surface area contributed by atoms with Gasteiger partial charge in [0.1, 0.15) is 23.0 Å². The van der Waals surface area contributed by atoms with Gasteiger partial charge in [0.2, 0.25) is 9.84 Å². The zero-order valence-corrected chi connectivity index (χ0v) is 24.9. The molecule has 45 heavy (non-hydrogen) atoms. The molecule has 4 nitrogen and oxygen atoms in total. The van der Waals surface area contributed by atoms with Gasteiger partial charge in [-0.1, -0.05) is 78.6 Å². The number of ether oxygens (including phenoxy) is 2. The third-order valence-corrected chi connectivity index (χ3v) is 8.98. The molecule has 216 valence electrons. The summed E-state index contributed by atoms with van der Waals surface area (Å²) >= 11 is 0. The lowest BCUT2D eigenvalue weighted by molar-refractivity contribution is 0.484. The SMILES string of the molecule is C#Cc1ccc(Oc2ccc(S(=O)(=O)c3ccc(Oc4cccc(C#C)c4-c4ccccc4)cc3)cc2)c(-c2ccccc2)c1. The molecule has 0 saturated heterocycles. The highest BCUT2D eigenvalue weighted by Gasteiger charge is 2.19. The van der Waals surface area contributed by atoms with Crippen molar-refractivity contribution in [3.63, 3.8) is 0 Å². The van der Waals surface area contributed by atoms with Crippen LogP contribution in [0, 0.1) is 24.7 Å². The minimum Gasteiger partial charge on any atom is -0.457 e. The van der Waals surface area contributed by atoms with E-state index in [0.29, 0.717) is 28.6 Å². The smallest absolute Gasteiger partial charge is 0.206 e. The van der Waals surface area contributed by atoms with E-state index in [0.717, 1.165) is 27.8 Å². The Morgan fingerprint density at radius 1 is 0.511 bits per heavy atom. The second-order valence-electron chi connectivity index (χ2n) is 10.1. The zero-order valence-electron chi connectivity index (χ0n) is 24.1. The van der Waals surface area contributed by atoms with E-state index in [-0.39, 0.29) is 9.79 Å². The molecule has 0 bridgehead atoms. The number of hydrogen-bond acceptors (Lipinski definition) is 4. The molecule has 5 heteroatoms. The Morgan fingerprint density at radius 2 is 1.07 bits per heavy atom. The first-order valence-corrected chi connectivity index (χ1v) is 15.6. The normalized spacial score (nSPS) is 10.8. The van der Waals surface area contributed by atoms with Gasteiger partial charge in [-0.05, 0) is 90.0 Å². The van der Waals surface area contributed by atoms with Crippen LogP contribution in [0.3, 0.4) is 0 Å². The van der Waals surface area contributed by atoms with Crippen LogP contribution >= 0.6 is 0 Å². The third-order valence-electron chi connectivity index (χ3n) is 7.20. The number of benzene rings is 6. The maximum atomic E-state index is 13.5. The molecule has 0 aromatic heterocycles. The van der Waals surface area contributed by atoms with Gasteiger partial charge in [0.05, 0.1) is 9.79 Å². The van der Waals surface area contributed by atoms with E-state index in [1.165, 1.54) is 24.3 Å². The fraction of sp³-hybridized carbons (Fsp3) is 0. The van der Waals surface area contributed by atoms with Gasteiger partial charge in [0, 0.05) is 22.3 Å². The zero-order chi connectivity index (χ0) is 31.2. The van der Waals surface area contributed by atoms with E-state index in [9.17, 15) is 8.42 Å². The monoisotopic (exact) mass is 602 g/mol. The highest BCUT2D eigenvalue weighted by Crippen LogP contribution is 2.37. The van der Waals surface area contributed by atoms with Gasteiger partial charge in [0.25, 0.3) is 0 Å². The lowest BCUT2D eigenvalue weighted by atomic mass is 9.99. The van der Waals surface area contributed by atoms with Crippen molar-refractivity contribution in [3.8, 4) is 69.9 Å². The molecular weight excluding hydrogens is 577 g/mol. The number of sulfone groups is 1. The van der Waals surface area contributed by atoms with Crippen molar-refractivity contribution in [3.05, 3.63) is 157 Å². The van der Waals surface area contributed by atoms with Gasteiger partial charge in [-0.3, -0.25) is 0 Å². The quantitative estimate of drug-likeness (QED) is 0.163. The van der Waals surface area contributed by atoms with Crippen LogP contribution < -0.4 is 9.47 Å². The van der Waals surface area contributed by atoms with Crippen LogP contribution in [0.2, 0.25) is 0 Å². The van der Waals surface area contributed by atoms with E-state index >= 15 is 0 Å². The average Bonchev–Trinajstić information content (AvgIpc) is 3.09. The molecule has 0 radical (unpaired) electrons. The Hall–Kier alpha value is -6.01. The Bertz CT molecular complexity index is 2160. The Kier molecular flexibility index (Phi) is 8.20. The van der Waals surface area contributed by atoms with Crippen molar-refractivity contribution in [2.45, 2.75) is 9.79 Å². The second-order valence-corrected chi connectivity index (χ2v) is 12.0. The van der Waals surface area contributed by atoms with Crippen molar-refractivity contribution < 1.29 is 17.9 Å². The first kappa shape index (κ1) is 29.1. The first-order chi connectivity index (χ1) is 22.0. The van der Waals surface area contributed by atoms with Crippen LogP contribution in [0.4, 0.5) is 0 Å². The molecule has 0 heterocycles. The standard InChI is InChI=1S/C40H26O4S/c1-3-29-18-27-38(37(28-29)31-12-7-5-8-13-31)43-33-19-23-35(24-20-33)45(41,42)36-25-21-34(22-26-36)44-39-17-11-16-30(4-2)40(39)32-14-9-6-10-15-32/h1-2,5-28H. The summed E-state index contributed by atoms with van der Waals surface area (Å²) < 4.78 is 39.3. The molecule has 0 aliphatic rings. The molecule has 6 aromatic rings. The largest absolute Gasteiger partial charge is 0.457 e. The Balaban J connectivity index is 1.22. The van der Waals surface area contributed by atoms with Crippen molar-refractivity contribution in [2.75, 3.05) is 0 Å². The molecule has 6 rings (SSSR count). The highest BCUT2D eigenvalue weighted by molar-refractivity contribution is 7.91. The molecule has 6 aromatic carbocycles. The maximum Gasteiger partial charge on any atom is 0.206 e. The van der Waals surface area contributed by atoms with Crippen LogP contribution in [-0.2, 0) is 9.84 Å². The number of hydrogen-bond donors (Lipinski definition) is 0.